The van der Waals surface area contributed by atoms with Gasteiger partial charge in [0.05, 0.1) is 12.1 Å². The van der Waals surface area contributed by atoms with Gasteiger partial charge in [-0.3, -0.25) is 9.59 Å². The maximum absolute atomic E-state index is 13.6. The fourth-order valence-corrected chi connectivity index (χ4v) is 5.12. The van der Waals surface area contributed by atoms with Gasteiger partial charge in [0.25, 0.3) is 5.91 Å². The molecule has 1 atom stereocenters. The van der Waals surface area contributed by atoms with Gasteiger partial charge < -0.3 is 14.5 Å². The van der Waals surface area contributed by atoms with Gasteiger partial charge in [-0.1, -0.05) is 78.9 Å². The van der Waals surface area contributed by atoms with Crippen molar-refractivity contribution in [3.05, 3.63) is 96.1 Å². The molecule has 0 unspecified atom stereocenters. The van der Waals surface area contributed by atoms with Crippen LogP contribution in [0.4, 0.5) is 0 Å². The number of ether oxygens (including phenoxy) is 1. The number of amides is 2. The van der Waals surface area contributed by atoms with Gasteiger partial charge in [-0.05, 0) is 42.0 Å². The van der Waals surface area contributed by atoms with E-state index in [1.165, 1.54) is 0 Å². The molecule has 34 heavy (non-hydrogen) atoms. The van der Waals surface area contributed by atoms with Gasteiger partial charge in [0.2, 0.25) is 5.91 Å². The maximum atomic E-state index is 13.6. The molecule has 5 rings (SSSR count). The molecule has 2 heterocycles. The molecule has 1 spiro atoms. The number of morpholine rings is 1. The molecule has 0 bridgehead atoms. The average molecular weight is 455 g/mol. The normalized spacial score (nSPS) is 20.9. The van der Waals surface area contributed by atoms with Crippen LogP contribution in [0.2, 0.25) is 0 Å². The van der Waals surface area contributed by atoms with Crippen molar-refractivity contribution >= 4 is 11.8 Å². The minimum Gasteiger partial charge on any atom is -0.363 e. The zero-order valence-electron chi connectivity index (χ0n) is 19.4. The molecular weight excluding hydrogens is 424 g/mol. The van der Waals surface area contributed by atoms with Crippen LogP contribution in [0.25, 0.3) is 11.1 Å². The molecule has 0 radical (unpaired) electrons. The molecule has 0 N–H and O–H groups in total. The first-order chi connectivity index (χ1) is 16.6. The lowest BCUT2D eigenvalue weighted by molar-refractivity contribution is -0.166. The van der Waals surface area contributed by atoms with Gasteiger partial charge in [0.15, 0.2) is 0 Å². The van der Waals surface area contributed by atoms with E-state index >= 15 is 0 Å². The number of nitrogens with zero attached hydrogens (tertiary/aromatic N) is 2. The highest BCUT2D eigenvalue weighted by molar-refractivity contribution is 6.00. The highest BCUT2D eigenvalue weighted by atomic mass is 16.5. The monoisotopic (exact) mass is 454 g/mol. The van der Waals surface area contributed by atoms with Crippen molar-refractivity contribution in [2.75, 3.05) is 26.2 Å². The van der Waals surface area contributed by atoms with Gasteiger partial charge in [-0.15, -0.1) is 0 Å². The SMILES string of the molecule is O=C1CO[C@@]2(CCCN(C(=O)c3ccccc3-c3ccccc3)CC2)CN1Cc1ccccc1. The van der Waals surface area contributed by atoms with E-state index in [0.717, 1.165) is 41.5 Å². The Balaban J connectivity index is 1.30. The largest absolute Gasteiger partial charge is 0.363 e. The predicted molar refractivity (Wildman–Crippen MR) is 132 cm³/mol. The zero-order valence-corrected chi connectivity index (χ0v) is 19.4. The van der Waals surface area contributed by atoms with Crippen LogP contribution in [-0.2, 0) is 16.1 Å². The van der Waals surface area contributed by atoms with E-state index < -0.39 is 5.60 Å². The summed E-state index contributed by atoms with van der Waals surface area (Å²) in [6.45, 7) is 2.59. The lowest BCUT2D eigenvalue weighted by Crippen LogP contribution is -2.54. The lowest BCUT2D eigenvalue weighted by Gasteiger charge is -2.42. The zero-order chi connectivity index (χ0) is 23.4. The maximum Gasteiger partial charge on any atom is 0.254 e. The molecule has 0 saturated carbocycles. The molecule has 5 nitrogen and oxygen atoms in total. The average Bonchev–Trinajstić information content (AvgIpc) is 3.10. The van der Waals surface area contributed by atoms with Crippen molar-refractivity contribution < 1.29 is 14.3 Å². The molecule has 0 aromatic heterocycles. The summed E-state index contributed by atoms with van der Waals surface area (Å²) in [4.78, 5) is 30.0. The third-order valence-corrected chi connectivity index (χ3v) is 6.98. The number of carbonyl (C=O) groups excluding carboxylic acids is 2. The molecule has 3 aromatic carbocycles. The van der Waals surface area contributed by atoms with Crippen molar-refractivity contribution in [1.82, 2.24) is 9.80 Å². The van der Waals surface area contributed by atoms with E-state index in [1.54, 1.807) is 0 Å². The summed E-state index contributed by atoms with van der Waals surface area (Å²) in [6.07, 6.45) is 2.42. The summed E-state index contributed by atoms with van der Waals surface area (Å²) in [5.41, 5.74) is 3.46. The molecular formula is C29H30N2O3. The number of likely N-dealkylation sites (tertiary alicyclic amines) is 1. The molecule has 2 saturated heterocycles. The topological polar surface area (TPSA) is 49.9 Å². The highest BCUT2D eigenvalue weighted by Crippen LogP contribution is 2.32. The van der Waals surface area contributed by atoms with E-state index in [-0.39, 0.29) is 18.4 Å². The summed E-state index contributed by atoms with van der Waals surface area (Å²) < 4.78 is 6.16. The number of carbonyl (C=O) groups is 2. The minimum atomic E-state index is -0.392. The molecule has 0 aliphatic carbocycles. The Kier molecular flexibility index (Phi) is 6.45. The first kappa shape index (κ1) is 22.4. The number of hydrogen-bond donors (Lipinski definition) is 0. The summed E-state index contributed by atoms with van der Waals surface area (Å²) in [5, 5.41) is 0. The second-order valence-corrected chi connectivity index (χ2v) is 9.26. The van der Waals surface area contributed by atoms with E-state index in [9.17, 15) is 9.59 Å². The van der Waals surface area contributed by atoms with E-state index in [0.29, 0.717) is 26.2 Å². The molecule has 2 aliphatic rings. The molecule has 3 aromatic rings. The van der Waals surface area contributed by atoms with Gasteiger partial charge >= 0.3 is 0 Å². The number of hydrogen-bond acceptors (Lipinski definition) is 3. The van der Waals surface area contributed by atoms with Gasteiger partial charge in [0, 0.05) is 25.2 Å². The van der Waals surface area contributed by atoms with Crippen molar-refractivity contribution in [2.24, 2.45) is 0 Å². The molecule has 2 aliphatic heterocycles. The van der Waals surface area contributed by atoms with Crippen LogP contribution in [0, 0.1) is 0 Å². The smallest absolute Gasteiger partial charge is 0.254 e. The third kappa shape index (κ3) is 4.75. The Morgan fingerprint density at radius 3 is 2.35 bits per heavy atom. The van der Waals surface area contributed by atoms with E-state index in [2.05, 4.69) is 0 Å². The first-order valence-electron chi connectivity index (χ1n) is 12.0. The Bertz CT molecular complexity index is 1150. The number of benzene rings is 3. The Labute approximate surface area is 201 Å². The molecule has 5 heteroatoms. The predicted octanol–water partition coefficient (Wildman–Crippen LogP) is 4.78. The van der Waals surface area contributed by atoms with Crippen LogP contribution in [0.5, 0.6) is 0 Å². The lowest BCUT2D eigenvalue weighted by atomic mass is 9.92. The Morgan fingerprint density at radius 1 is 0.853 bits per heavy atom. The summed E-state index contributed by atoms with van der Waals surface area (Å²) >= 11 is 0. The van der Waals surface area contributed by atoms with Gasteiger partial charge in [-0.25, -0.2) is 0 Å². The van der Waals surface area contributed by atoms with Crippen molar-refractivity contribution in [2.45, 2.75) is 31.4 Å². The second-order valence-electron chi connectivity index (χ2n) is 9.26. The van der Waals surface area contributed by atoms with Crippen molar-refractivity contribution in [1.29, 1.82) is 0 Å². The van der Waals surface area contributed by atoms with E-state index in [1.807, 2.05) is 94.7 Å². The summed E-state index contributed by atoms with van der Waals surface area (Å²) in [7, 11) is 0. The quantitative estimate of drug-likeness (QED) is 0.570. The fraction of sp³-hybridized carbons (Fsp3) is 0.310. The van der Waals surface area contributed by atoms with Crippen molar-refractivity contribution in [3.8, 4) is 11.1 Å². The molecule has 2 amide bonds. The van der Waals surface area contributed by atoms with Crippen LogP contribution < -0.4 is 0 Å². The summed E-state index contributed by atoms with van der Waals surface area (Å²) in [6, 6.07) is 28.0. The minimum absolute atomic E-state index is 0.0310. The second kappa shape index (κ2) is 9.82. The van der Waals surface area contributed by atoms with Crippen LogP contribution in [0.1, 0.15) is 35.2 Å². The summed E-state index contributed by atoms with van der Waals surface area (Å²) in [5.74, 6) is 0.0907. The Hall–Kier alpha value is -3.44. The van der Waals surface area contributed by atoms with E-state index in [4.69, 9.17) is 4.74 Å². The third-order valence-electron chi connectivity index (χ3n) is 6.98. The highest BCUT2D eigenvalue weighted by Gasteiger charge is 2.41. The van der Waals surface area contributed by atoms with Crippen LogP contribution in [0.15, 0.2) is 84.9 Å². The first-order valence-corrected chi connectivity index (χ1v) is 12.0. The standard InChI is InChI=1S/C29H30N2O3/c32-27-21-34-29(22-31(27)20-23-10-3-1-4-11-23)16-9-18-30(19-17-29)28(33)26-15-8-7-14-25(26)24-12-5-2-6-13-24/h1-8,10-15H,9,16-22H2/t29-/m1/s1. The van der Waals surface area contributed by atoms with Crippen LogP contribution in [-0.4, -0.2) is 53.5 Å². The van der Waals surface area contributed by atoms with Crippen molar-refractivity contribution in [3.63, 3.8) is 0 Å². The molecule has 174 valence electrons. The van der Waals surface area contributed by atoms with Crippen LogP contribution >= 0.6 is 0 Å². The van der Waals surface area contributed by atoms with Gasteiger partial charge in [-0.2, -0.15) is 0 Å². The fourth-order valence-electron chi connectivity index (χ4n) is 5.12. The van der Waals surface area contributed by atoms with Crippen LogP contribution in [0.3, 0.4) is 0 Å². The number of rotatable bonds is 4. The Morgan fingerprint density at radius 2 is 1.56 bits per heavy atom. The van der Waals surface area contributed by atoms with Gasteiger partial charge in [0.1, 0.15) is 6.61 Å². The molecule has 2 fully saturated rings.